The third kappa shape index (κ3) is 5.05. The molecule has 2 amide bonds. The molecule has 0 atom stereocenters. The molecule has 2 aliphatic heterocycles. The van der Waals surface area contributed by atoms with Gasteiger partial charge in [-0.1, -0.05) is 0 Å². The van der Waals surface area contributed by atoms with Crippen molar-refractivity contribution in [2.45, 2.75) is 17.7 Å². The summed E-state index contributed by atoms with van der Waals surface area (Å²) in [7, 11) is -3.72. The lowest BCUT2D eigenvalue weighted by molar-refractivity contribution is -0.132. The predicted octanol–water partition coefficient (Wildman–Crippen LogP) is 1.09. The molecule has 1 N–H and O–H groups in total. The highest BCUT2D eigenvalue weighted by atomic mass is 32.2. The molecule has 2 aliphatic rings. The highest BCUT2D eigenvalue weighted by Gasteiger charge is 2.26. The molecule has 0 aliphatic carbocycles. The standard InChI is InChI=1S/C21H25N3O7S/c25-20(23-8-10-24(11-9-23)21(26)18-3-2-12-29-18)4-1-7-22-32(27,28)16-5-6-17-19(15-16)31-14-13-30-17/h2-3,5-6,12,15,22H,1,4,7-11,13-14H2. The van der Waals surface area contributed by atoms with E-state index >= 15 is 0 Å². The monoisotopic (exact) mass is 463 g/mol. The second kappa shape index (κ2) is 9.61. The third-order valence-corrected chi connectivity index (χ3v) is 6.79. The summed E-state index contributed by atoms with van der Waals surface area (Å²) in [6.45, 7) is 2.68. The molecule has 0 unspecified atom stereocenters. The molecule has 1 saturated heterocycles. The Hall–Kier alpha value is -3.05. The number of carbonyl (C=O) groups excluding carboxylic acids is 2. The van der Waals surface area contributed by atoms with Crippen LogP contribution in [0.4, 0.5) is 0 Å². The van der Waals surface area contributed by atoms with Crippen molar-refractivity contribution in [3.05, 3.63) is 42.4 Å². The predicted molar refractivity (Wildman–Crippen MR) is 113 cm³/mol. The van der Waals surface area contributed by atoms with E-state index in [1.165, 1.54) is 18.4 Å². The summed E-state index contributed by atoms with van der Waals surface area (Å²) in [5.74, 6) is 0.963. The smallest absolute Gasteiger partial charge is 0.289 e. The van der Waals surface area contributed by atoms with E-state index < -0.39 is 10.0 Å². The zero-order chi connectivity index (χ0) is 22.6. The van der Waals surface area contributed by atoms with E-state index in [0.717, 1.165) is 0 Å². The quantitative estimate of drug-likeness (QED) is 0.611. The van der Waals surface area contributed by atoms with Gasteiger partial charge in [0, 0.05) is 45.2 Å². The normalized spacial score (nSPS) is 16.1. The Balaban J connectivity index is 1.20. The van der Waals surface area contributed by atoms with Crippen LogP contribution in [0, 0.1) is 0 Å². The molecule has 4 rings (SSSR count). The van der Waals surface area contributed by atoms with Gasteiger partial charge in [-0.25, -0.2) is 13.1 Å². The maximum Gasteiger partial charge on any atom is 0.289 e. The minimum atomic E-state index is -3.72. The fraction of sp³-hybridized carbons (Fsp3) is 0.429. The Kier molecular flexibility index (Phi) is 6.66. The SMILES string of the molecule is O=C(CCCNS(=O)(=O)c1ccc2c(c1)OCCO2)N1CCN(C(=O)c2ccco2)CC1. The number of carbonyl (C=O) groups is 2. The molecule has 0 bridgehead atoms. The molecule has 2 aromatic rings. The van der Waals surface area contributed by atoms with Gasteiger partial charge in [0.2, 0.25) is 15.9 Å². The lowest BCUT2D eigenvalue weighted by Gasteiger charge is -2.34. The third-order valence-electron chi connectivity index (χ3n) is 5.33. The van der Waals surface area contributed by atoms with Gasteiger partial charge in [-0.3, -0.25) is 9.59 Å². The number of hydrogen-bond donors (Lipinski definition) is 1. The van der Waals surface area contributed by atoms with Crippen molar-refractivity contribution in [1.82, 2.24) is 14.5 Å². The fourth-order valence-electron chi connectivity index (χ4n) is 3.59. The molecular formula is C21H25N3O7S. The van der Waals surface area contributed by atoms with Crippen LogP contribution in [-0.2, 0) is 14.8 Å². The second-order valence-electron chi connectivity index (χ2n) is 7.46. The molecule has 1 fully saturated rings. The number of nitrogens with zero attached hydrogens (tertiary/aromatic N) is 2. The van der Waals surface area contributed by atoms with E-state index in [1.807, 2.05) is 0 Å². The van der Waals surface area contributed by atoms with E-state index in [4.69, 9.17) is 13.9 Å². The first kappa shape index (κ1) is 22.2. The number of amides is 2. The molecular weight excluding hydrogens is 438 g/mol. The van der Waals surface area contributed by atoms with Gasteiger partial charge in [0.05, 0.1) is 11.2 Å². The summed E-state index contributed by atoms with van der Waals surface area (Å²) in [5, 5.41) is 0. The van der Waals surface area contributed by atoms with Crippen LogP contribution >= 0.6 is 0 Å². The van der Waals surface area contributed by atoms with Crippen LogP contribution in [0.1, 0.15) is 23.4 Å². The van der Waals surface area contributed by atoms with Crippen molar-refractivity contribution in [1.29, 1.82) is 0 Å². The van der Waals surface area contributed by atoms with Gasteiger partial charge in [-0.2, -0.15) is 0 Å². The summed E-state index contributed by atoms with van der Waals surface area (Å²) in [5.41, 5.74) is 0. The molecule has 32 heavy (non-hydrogen) atoms. The molecule has 0 saturated carbocycles. The zero-order valence-electron chi connectivity index (χ0n) is 17.5. The maximum absolute atomic E-state index is 12.5. The largest absolute Gasteiger partial charge is 0.486 e. The van der Waals surface area contributed by atoms with E-state index in [0.29, 0.717) is 57.3 Å². The Morgan fingerprint density at radius 1 is 0.969 bits per heavy atom. The summed E-state index contributed by atoms with van der Waals surface area (Å²) in [6, 6.07) is 7.75. The topological polar surface area (TPSA) is 118 Å². The second-order valence-corrected chi connectivity index (χ2v) is 9.22. The van der Waals surface area contributed by atoms with E-state index in [-0.39, 0.29) is 35.4 Å². The highest BCUT2D eigenvalue weighted by molar-refractivity contribution is 7.89. The Bertz CT molecular complexity index is 1060. The van der Waals surface area contributed by atoms with Gasteiger partial charge in [-0.05, 0) is 30.7 Å². The van der Waals surface area contributed by atoms with Gasteiger partial charge >= 0.3 is 0 Å². The molecule has 1 aromatic heterocycles. The summed E-state index contributed by atoms with van der Waals surface area (Å²) >= 11 is 0. The van der Waals surface area contributed by atoms with Crippen molar-refractivity contribution in [2.75, 3.05) is 45.9 Å². The number of piperazine rings is 1. The van der Waals surface area contributed by atoms with Crippen LogP contribution in [-0.4, -0.2) is 76.0 Å². The number of hydrogen-bond acceptors (Lipinski definition) is 7. The summed E-state index contributed by atoms with van der Waals surface area (Å²) in [4.78, 5) is 28.2. The Morgan fingerprint density at radius 3 is 2.41 bits per heavy atom. The Labute approximate surface area is 186 Å². The number of ether oxygens (including phenoxy) is 2. The number of sulfonamides is 1. The van der Waals surface area contributed by atoms with Gasteiger partial charge in [0.15, 0.2) is 17.3 Å². The van der Waals surface area contributed by atoms with E-state index in [9.17, 15) is 18.0 Å². The first-order chi connectivity index (χ1) is 15.4. The fourth-order valence-corrected chi connectivity index (χ4v) is 4.68. The zero-order valence-corrected chi connectivity index (χ0v) is 18.3. The van der Waals surface area contributed by atoms with Crippen LogP contribution in [0.25, 0.3) is 0 Å². The first-order valence-corrected chi connectivity index (χ1v) is 11.9. The highest BCUT2D eigenvalue weighted by Crippen LogP contribution is 2.32. The lowest BCUT2D eigenvalue weighted by atomic mass is 10.2. The number of rotatable bonds is 7. The minimum Gasteiger partial charge on any atom is -0.486 e. The number of nitrogens with one attached hydrogen (secondary N) is 1. The molecule has 10 nitrogen and oxygen atoms in total. The van der Waals surface area contributed by atoms with Gasteiger partial charge in [0.1, 0.15) is 13.2 Å². The van der Waals surface area contributed by atoms with Crippen LogP contribution < -0.4 is 14.2 Å². The maximum atomic E-state index is 12.5. The molecule has 3 heterocycles. The lowest BCUT2D eigenvalue weighted by Crippen LogP contribution is -2.50. The summed E-state index contributed by atoms with van der Waals surface area (Å²) in [6.07, 6.45) is 2.04. The minimum absolute atomic E-state index is 0.0615. The number of furan rings is 1. The molecule has 11 heteroatoms. The van der Waals surface area contributed by atoms with Crippen molar-refractivity contribution < 1.29 is 31.9 Å². The van der Waals surface area contributed by atoms with Crippen molar-refractivity contribution in [3.63, 3.8) is 0 Å². The van der Waals surface area contributed by atoms with Crippen LogP contribution in [0.3, 0.4) is 0 Å². The van der Waals surface area contributed by atoms with Crippen molar-refractivity contribution in [2.24, 2.45) is 0 Å². The van der Waals surface area contributed by atoms with Crippen molar-refractivity contribution in [3.8, 4) is 11.5 Å². The van der Waals surface area contributed by atoms with Crippen LogP contribution in [0.15, 0.2) is 45.9 Å². The first-order valence-electron chi connectivity index (χ1n) is 10.4. The summed E-state index contributed by atoms with van der Waals surface area (Å²) < 4.78 is 43.5. The van der Waals surface area contributed by atoms with Gasteiger partial charge in [0.25, 0.3) is 5.91 Å². The number of fused-ring (bicyclic) bond motifs is 1. The van der Waals surface area contributed by atoms with Gasteiger partial charge in [-0.15, -0.1) is 0 Å². The molecule has 1 aromatic carbocycles. The molecule has 0 radical (unpaired) electrons. The number of benzene rings is 1. The van der Waals surface area contributed by atoms with Crippen LogP contribution in [0.2, 0.25) is 0 Å². The van der Waals surface area contributed by atoms with Gasteiger partial charge < -0.3 is 23.7 Å². The average Bonchev–Trinajstić information content (AvgIpc) is 3.36. The van der Waals surface area contributed by atoms with E-state index in [2.05, 4.69) is 4.72 Å². The van der Waals surface area contributed by atoms with E-state index in [1.54, 1.807) is 28.0 Å². The van der Waals surface area contributed by atoms with Crippen molar-refractivity contribution >= 4 is 21.8 Å². The van der Waals surface area contributed by atoms with Crippen LogP contribution in [0.5, 0.6) is 11.5 Å². The average molecular weight is 464 g/mol. The Morgan fingerprint density at radius 2 is 1.69 bits per heavy atom. The molecule has 172 valence electrons. The molecule has 0 spiro atoms.